The lowest BCUT2D eigenvalue weighted by Crippen LogP contribution is -2.43. The Bertz CT molecular complexity index is 551. The normalized spacial score (nSPS) is 17.7. The number of likely N-dealkylation sites (tertiary alicyclic amines) is 1. The van der Waals surface area contributed by atoms with E-state index in [0.717, 1.165) is 17.5 Å². The molecular formula is C15H19ClN2O3. The van der Waals surface area contributed by atoms with Gasteiger partial charge in [-0.3, -0.25) is 9.69 Å². The molecule has 0 bridgehead atoms. The number of amides is 2. The maximum atomic E-state index is 12.4. The average molecular weight is 311 g/mol. The van der Waals surface area contributed by atoms with E-state index in [1.54, 1.807) is 6.07 Å². The van der Waals surface area contributed by atoms with Crippen LogP contribution >= 0.6 is 11.6 Å². The number of carbonyl (C=O) groups is 2. The van der Waals surface area contributed by atoms with Crippen molar-refractivity contribution in [2.24, 2.45) is 0 Å². The number of ether oxygens (including phenoxy) is 1. The van der Waals surface area contributed by atoms with Gasteiger partial charge in [-0.2, -0.15) is 0 Å². The number of anilines is 1. The van der Waals surface area contributed by atoms with Crippen LogP contribution < -0.4 is 5.32 Å². The van der Waals surface area contributed by atoms with Crippen LogP contribution in [0.2, 0.25) is 5.02 Å². The zero-order chi connectivity index (χ0) is 15.6. The van der Waals surface area contributed by atoms with E-state index in [9.17, 15) is 9.59 Å². The van der Waals surface area contributed by atoms with E-state index in [1.165, 1.54) is 12.0 Å². The van der Waals surface area contributed by atoms with Gasteiger partial charge in [0.15, 0.2) is 0 Å². The summed E-state index contributed by atoms with van der Waals surface area (Å²) in [6.07, 6.45) is 0.941. The van der Waals surface area contributed by atoms with Crippen molar-refractivity contribution >= 4 is 29.3 Å². The molecule has 1 aliphatic heterocycles. The van der Waals surface area contributed by atoms with Gasteiger partial charge in [0.25, 0.3) is 0 Å². The molecule has 0 saturated carbocycles. The summed E-state index contributed by atoms with van der Waals surface area (Å²) < 4.78 is 4.71. The number of aryl methyl sites for hydroxylation is 2. The van der Waals surface area contributed by atoms with Crippen molar-refractivity contribution in [2.45, 2.75) is 32.7 Å². The fraction of sp³-hybridized carbons (Fsp3) is 0.467. The summed E-state index contributed by atoms with van der Waals surface area (Å²) in [7, 11) is 1.32. The second kappa shape index (κ2) is 6.35. The number of methoxy groups -OCH3 is 1. The molecule has 1 aliphatic rings. The third-order valence-corrected chi connectivity index (χ3v) is 3.94. The molecule has 1 aromatic rings. The van der Waals surface area contributed by atoms with E-state index in [2.05, 4.69) is 5.32 Å². The molecule has 114 valence electrons. The van der Waals surface area contributed by atoms with Crippen molar-refractivity contribution in [3.8, 4) is 0 Å². The number of carbonyl (C=O) groups excluding carboxylic acids is 2. The van der Waals surface area contributed by atoms with Crippen LogP contribution in [-0.4, -0.2) is 36.6 Å². The molecule has 2 rings (SSSR count). The Kier molecular flexibility index (Phi) is 4.73. The maximum absolute atomic E-state index is 12.4. The summed E-state index contributed by atoms with van der Waals surface area (Å²) >= 11 is 6.19. The van der Waals surface area contributed by atoms with Crippen molar-refractivity contribution < 1.29 is 14.3 Å². The molecule has 1 fully saturated rings. The van der Waals surface area contributed by atoms with Gasteiger partial charge in [0, 0.05) is 6.54 Å². The van der Waals surface area contributed by atoms with Crippen LogP contribution in [0.25, 0.3) is 0 Å². The topological polar surface area (TPSA) is 58.6 Å². The summed E-state index contributed by atoms with van der Waals surface area (Å²) in [5, 5.41) is 3.34. The van der Waals surface area contributed by atoms with Gasteiger partial charge in [-0.05, 0) is 43.9 Å². The molecule has 1 heterocycles. The highest BCUT2D eigenvalue weighted by Gasteiger charge is 2.35. The van der Waals surface area contributed by atoms with E-state index in [0.29, 0.717) is 23.7 Å². The monoisotopic (exact) mass is 310 g/mol. The molecule has 2 amide bonds. The van der Waals surface area contributed by atoms with Crippen molar-refractivity contribution in [1.29, 1.82) is 0 Å². The smallest absolute Gasteiger partial charge is 0.410 e. The first kappa shape index (κ1) is 15.6. The van der Waals surface area contributed by atoms with Crippen molar-refractivity contribution in [2.75, 3.05) is 19.0 Å². The Morgan fingerprint density at radius 3 is 2.71 bits per heavy atom. The number of nitrogens with one attached hydrogen (secondary N) is 1. The summed E-state index contributed by atoms with van der Waals surface area (Å²) in [4.78, 5) is 25.5. The largest absolute Gasteiger partial charge is 0.453 e. The van der Waals surface area contributed by atoms with Gasteiger partial charge in [-0.25, -0.2) is 4.79 Å². The van der Waals surface area contributed by atoms with Gasteiger partial charge >= 0.3 is 6.09 Å². The zero-order valence-electron chi connectivity index (χ0n) is 12.4. The molecule has 0 spiro atoms. The molecule has 21 heavy (non-hydrogen) atoms. The lowest BCUT2D eigenvalue weighted by molar-refractivity contribution is -0.119. The quantitative estimate of drug-likeness (QED) is 0.913. The number of rotatable bonds is 2. The minimum Gasteiger partial charge on any atom is -0.453 e. The lowest BCUT2D eigenvalue weighted by Gasteiger charge is -2.23. The predicted molar refractivity (Wildman–Crippen MR) is 81.7 cm³/mol. The predicted octanol–water partition coefficient (Wildman–Crippen LogP) is 3.13. The van der Waals surface area contributed by atoms with Crippen LogP contribution in [0, 0.1) is 13.8 Å². The van der Waals surface area contributed by atoms with Gasteiger partial charge in [0.2, 0.25) is 5.91 Å². The Hall–Kier alpha value is -1.75. The van der Waals surface area contributed by atoms with Crippen LogP contribution in [0.4, 0.5) is 10.5 Å². The van der Waals surface area contributed by atoms with Gasteiger partial charge < -0.3 is 10.1 Å². The molecule has 0 radical (unpaired) electrons. The molecule has 1 unspecified atom stereocenters. The van der Waals surface area contributed by atoms with Crippen LogP contribution in [-0.2, 0) is 9.53 Å². The molecule has 1 saturated heterocycles. The van der Waals surface area contributed by atoms with E-state index in [4.69, 9.17) is 16.3 Å². The van der Waals surface area contributed by atoms with Crippen LogP contribution in [0.3, 0.4) is 0 Å². The third kappa shape index (κ3) is 3.29. The second-order valence-electron chi connectivity index (χ2n) is 5.25. The molecule has 0 aliphatic carbocycles. The van der Waals surface area contributed by atoms with E-state index in [-0.39, 0.29) is 5.91 Å². The molecule has 1 N–H and O–H groups in total. The van der Waals surface area contributed by atoms with Crippen LogP contribution in [0.1, 0.15) is 24.0 Å². The van der Waals surface area contributed by atoms with Gasteiger partial charge in [-0.15, -0.1) is 0 Å². The lowest BCUT2D eigenvalue weighted by atomic mass is 10.1. The van der Waals surface area contributed by atoms with Crippen LogP contribution in [0.15, 0.2) is 12.1 Å². The minimum atomic E-state index is -0.505. The molecule has 1 aromatic carbocycles. The SMILES string of the molecule is COC(=O)N1CCCC1C(=O)Nc1c(C)cc(C)cc1Cl. The highest BCUT2D eigenvalue weighted by molar-refractivity contribution is 6.34. The van der Waals surface area contributed by atoms with E-state index < -0.39 is 12.1 Å². The molecule has 5 nitrogen and oxygen atoms in total. The number of halogens is 1. The summed E-state index contributed by atoms with van der Waals surface area (Å²) in [5.41, 5.74) is 2.53. The average Bonchev–Trinajstić information content (AvgIpc) is 2.91. The fourth-order valence-corrected chi connectivity index (χ4v) is 3.02. The Balaban J connectivity index is 2.17. The Morgan fingerprint density at radius 1 is 1.38 bits per heavy atom. The van der Waals surface area contributed by atoms with E-state index in [1.807, 2.05) is 19.9 Å². The Labute approximate surface area is 129 Å². The molecule has 0 aromatic heterocycles. The molecular weight excluding hydrogens is 292 g/mol. The van der Waals surface area contributed by atoms with Gasteiger partial charge in [0.05, 0.1) is 17.8 Å². The number of benzene rings is 1. The van der Waals surface area contributed by atoms with Crippen molar-refractivity contribution in [3.05, 3.63) is 28.3 Å². The molecule has 1 atom stereocenters. The molecule has 6 heteroatoms. The fourth-order valence-electron chi connectivity index (χ4n) is 2.66. The number of nitrogens with zero attached hydrogens (tertiary/aromatic N) is 1. The van der Waals surface area contributed by atoms with Crippen molar-refractivity contribution in [1.82, 2.24) is 4.90 Å². The first-order valence-electron chi connectivity index (χ1n) is 6.86. The van der Waals surface area contributed by atoms with Gasteiger partial charge in [-0.1, -0.05) is 17.7 Å². The number of hydrogen-bond acceptors (Lipinski definition) is 3. The standard InChI is InChI=1S/C15H19ClN2O3/c1-9-7-10(2)13(11(16)8-9)17-14(19)12-5-4-6-18(12)15(20)21-3/h7-8,12H,4-6H2,1-3H3,(H,17,19). The minimum absolute atomic E-state index is 0.230. The van der Waals surface area contributed by atoms with Gasteiger partial charge in [0.1, 0.15) is 6.04 Å². The highest BCUT2D eigenvalue weighted by Crippen LogP contribution is 2.28. The third-order valence-electron chi connectivity index (χ3n) is 3.64. The van der Waals surface area contributed by atoms with E-state index >= 15 is 0 Å². The summed E-state index contributed by atoms with van der Waals surface area (Å²) in [6.45, 7) is 4.37. The first-order valence-corrected chi connectivity index (χ1v) is 7.24. The maximum Gasteiger partial charge on any atom is 0.410 e. The van der Waals surface area contributed by atoms with Crippen molar-refractivity contribution in [3.63, 3.8) is 0 Å². The summed E-state index contributed by atoms with van der Waals surface area (Å²) in [5.74, 6) is -0.230. The first-order chi connectivity index (χ1) is 9.93. The number of hydrogen-bond donors (Lipinski definition) is 1. The summed E-state index contributed by atoms with van der Waals surface area (Å²) in [6, 6.07) is 3.25. The second-order valence-corrected chi connectivity index (χ2v) is 5.66. The Morgan fingerprint density at radius 2 is 2.10 bits per heavy atom. The van der Waals surface area contributed by atoms with Crippen LogP contribution in [0.5, 0.6) is 0 Å². The zero-order valence-corrected chi connectivity index (χ0v) is 13.2. The highest BCUT2D eigenvalue weighted by atomic mass is 35.5.